The summed E-state index contributed by atoms with van der Waals surface area (Å²) in [5.41, 5.74) is 0.0812. The average molecular weight is 445 g/mol. The summed E-state index contributed by atoms with van der Waals surface area (Å²) in [6, 6.07) is 6.03. The van der Waals surface area contributed by atoms with Crippen molar-refractivity contribution in [1.82, 2.24) is 10.2 Å². The van der Waals surface area contributed by atoms with Crippen molar-refractivity contribution >= 4 is 24.8 Å². The van der Waals surface area contributed by atoms with Gasteiger partial charge in [0, 0.05) is 38.6 Å². The van der Waals surface area contributed by atoms with Crippen LogP contribution in [0.4, 0.5) is 13.2 Å². The van der Waals surface area contributed by atoms with Gasteiger partial charge >= 0.3 is 6.36 Å². The molecule has 1 aliphatic heterocycles. The van der Waals surface area contributed by atoms with E-state index in [0.717, 1.165) is 70.4 Å². The van der Waals surface area contributed by atoms with Crippen LogP contribution in [0, 0.1) is 0 Å². The minimum Gasteiger partial charge on any atom is -0.406 e. The summed E-state index contributed by atoms with van der Waals surface area (Å²) in [6.45, 7) is 4.40. The van der Waals surface area contributed by atoms with E-state index >= 15 is 0 Å². The van der Waals surface area contributed by atoms with Crippen molar-refractivity contribution < 1.29 is 23.0 Å². The number of aliphatic hydroxyl groups is 1. The maximum Gasteiger partial charge on any atom is 0.573 e. The zero-order chi connectivity index (χ0) is 18.6. The van der Waals surface area contributed by atoms with E-state index in [1.54, 1.807) is 12.1 Å². The molecule has 1 unspecified atom stereocenters. The van der Waals surface area contributed by atoms with E-state index in [4.69, 9.17) is 0 Å². The molecule has 9 heteroatoms. The van der Waals surface area contributed by atoms with E-state index in [1.807, 2.05) is 0 Å². The number of alkyl halides is 3. The number of hydrogen-bond donors (Lipinski definition) is 2. The topological polar surface area (TPSA) is 44.7 Å². The van der Waals surface area contributed by atoms with E-state index in [1.165, 1.54) is 12.1 Å². The van der Waals surface area contributed by atoms with Gasteiger partial charge in [0.05, 0.1) is 5.60 Å². The summed E-state index contributed by atoms with van der Waals surface area (Å²) in [5.74, 6) is -0.335. The lowest BCUT2D eigenvalue weighted by Gasteiger charge is -2.42. The summed E-state index contributed by atoms with van der Waals surface area (Å²) >= 11 is 0. The first-order valence-corrected chi connectivity index (χ1v) is 9.37. The van der Waals surface area contributed by atoms with Gasteiger partial charge in [0.15, 0.2) is 0 Å². The Morgan fingerprint density at radius 1 is 1.04 bits per heavy atom. The molecule has 0 amide bonds. The fourth-order valence-corrected chi connectivity index (χ4v) is 4.15. The maximum absolute atomic E-state index is 12.4. The van der Waals surface area contributed by atoms with E-state index in [0.29, 0.717) is 0 Å². The lowest BCUT2D eigenvalue weighted by atomic mass is 9.72. The standard InChI is InChI=1S/C19H27F3N2O2.2ClH/c20-19(21,22)26-16-6-4-15(5-7-16)17(14-24-12-10-23-11-13-24)18(25)8-2-1-3-9-18;;/h4-7,17,23,25H,1-3,8-14H2;2*1H. The number of halogens is 5. The Bertz CT molecular complexity index is 576. The smallest absolute Gasteiger partial charge is 0.406 e. The van der Waals surface area contributed by atoms with Crippen LogP contribution in [0.5, 0.6) is 5.75 Å². The SMILES string of the molecule is Cl.Cl.OC1(C(CN2CCNCC2)c2ccc(OC(F)(F)F)cc2)CCCCC1. The Kier molecular flexibility index (Phi) is 9.83. The normalized spacial score (nSPS) is 21.1. The van der Waals surface area contributed by atoms with Crippen molar-refractivity contribution in [2.45, 2.75) is 50.0 Å². The molecule has 2 N–H and O–H groups in total. The monoisotopic (exact) mass is 444 g/mol. The Balaban J connectivity index is 0.00000196. The number of ether oxygens (including phenoxy) is 1. The van der Waals surface area contributed by atoms with Crippen LogP contribution in [0.2, 0.25) is 0 Å². The third-order valence-corrected chi connectivity index (χ3v) is 5.53. The Hall–Kier alpha value is -0.730. The van der Waals surface area contributed by atoms with Gasteiger partial charge in [-0.15, -0.1) is 38.0 Å². The Morgan fingerprint density at radius 2 is 1.61 bits per heavy atom. The highest BCUT2D eigenvalue weighted by molar-refractivity contribution is 5.85. The van der Waals surface area contributed by atoms with Gasteiger partial charge in [0.2, 0.25) is 0 Å². The second-order valence-corrected chi connectivity index (χ2v) is 7.38. The van der Waals surface area contributed by atoms with Crippen LogP contribution in [-0.2, 0) is 0 Å². The number of nitrogens with zero attached hydrogens (tertiary/aromatic N) is 1. The maximum atomic E-state index is 12.4. The van der Waals surface area contributed by atoms with Gasteiger partial charge in [-0.05, 0) is 30.5 Å². The molecule has 162 valence electrons. The number of piperazine rings is 1. The van der Waals surface area contributed by atoms with Crippen LogP contribution in [0.1, 0.15) is 43.6 Å². The Morgan fingerprint density at radius 3 is 2.14 bits per heavy atom. The van der Waals surface area contributed by atoms with Gasteiger partial charge in [-0.3, -0.25) is 0 Å². The van der Waals surface area contributed by atoms with E-state index in [-0.39, 0.29) is 36.5 Å². The van der Waals surface area contributed by atoms with Gasteiger partial charge in [0.25, 0.3) is 0 Å². The van der Waals surface area contributed by atoms with Crippen molar-refractivity contribution in [1.29, 1.82) is 0 Å². The second-order valence-electron chi connectivity index (χ2n) is 7.38. The van der Waals surface area contributed by atoms with Crippen LogP contribution in [0.3, 0.4) is 0 Å². The summed E-state index contributed by atoms with van der Waals surface area (Å²) in [6.07, 6.45) is -0.104. The fourth-order valence-electron chi connectivity index (χ4n) is 4.15. The minimum absolute atomic E-state index is 0. The van der Waals surface area contributed by atoms with Gasteiger partial charge in [-0.1, -0.05) is 31.4 Å². The number of rotatable bonds is 5. The molecule has 2 aliphatic rings. The fraction of sp³-hybridized carbons (Fsp3) is 0.684. The van der Waals surface area contributed by atoms with Crippen molar-refractivity contribution in [3.8, 4) is 5.75 Å². The van der Waals surface area contributed by atoms with Crippen LogP contribution >= 0.6 is 24.8 Å². The number of benzene rings is 1. The molecule has 1 aliphatic carbocycles. The first kappa shape index (κ1) is 25.3. The molecule has 1 atom stereocenters. The van der Waals surface area contributed by atoms with Crippen LogP contribution in [-0.4, -0.2) is 54.7 Å². The molecule has 4 nitrogen and oxygen atoms in total. The summed E-state index contributed by atoms with van der Waals surface area (Å²) in [5, 5.41) is 14.6. The highest BCUT2D eigenvalue weighted by Crippen LogP contribution is 2.41. The molecule has 3 rings (SSSR count). The second kappa shape index (κ2) is 10.9. The molecule has 0 aromatic heterocycles. The molecule has 1 saturated carbocycles. The van der Waals surface area contributed by atoms with Crippen molar-refractivity contribution in [2.75, 3.05) is 32.7 Å². The predicted molar refractivity (Wildman–Crippen MR) is 108 cm³/mol. The summed E-state index contributed by atoms with van der Waals surface area (Å²) in [7, 11) is 0. The van der Waals surface area contributed by atoms with Gasteiger partial charge in [-0.2, -0.15) is 0 Å². The number of nitrogens with one attached hydrogen (secondary N) is 1. The molecular weight excluding hydrogens is 416 g/mol. The predicted octanol–water partition coefficient (Wildman–Crippen LogP) is 4.11. The average Bonchev–Trinajstić information content (AvgIpc) is 2.61. The van der Waals surface area contributed by atoms with E-state index < -0.39 is 12.0 Å². The van der Waals surface area contributed by atoms with E-state index in [2.05, 4.69) is 15.0 Å². The number of hydrogen-bond acceptors (Lipinski definition) is 4. The first-order chi connectivity index (χ1) is 12.4. The Labute approximate surface area is 176 Å². The molecule has 1 aromatic rings. The van der Waals surface area contributed by atoms with Crippen molar-refractivity contribution in [2.24, 2.45) is 0 Å². The highest BCUT2D eigenvalue weighted by atomic mass is 35.5. The van der Waals surface area contributed by atoms with Crippen LogP contribution < -0.4 is 10.1 Å². The largest absolute Gasteiger partial charge is 0.573 e. The molecule has 0 bridgehead atoms. The molecule has 2 fully saturated rings. The molecule has 28 heavy (non-hydrogen) atoms. The first-order valence-electron chi connectivity index (χ1n) is 9.37. The molecular formula is C19H29Cl2F3N2O2. The minimum atomic E-state index is -4.69. The third kappa shape index (κ3) is 6.95. The van der Waals surface area contributed by atoms with Crippen LogP contribution in [0.25, 0.3) is 0 Å². The molecule has 1 heterocycles. The van der Waals surface area contributed by atoms with Gasteiger partial charge in [0.1, 0.15) is 5.75 Å². The zero-order valence-corrected chi connectivity index (χ0v) is 17.3. The van der Waals surface area contributed by atoms with Crippen molar-refractivity contribution in [3.63, 3.8) is 0 Å². The molecule has 1 saturated heterocycles. The molecule has 1 aromatic carbocycles. The molecule has 0 radical (unpaired) electrons. The summed E-state index contributed by atoms with van der Waals surface area (Å²) in [4.78, 5) is 2.33. The van der Waals surface area contributed by atoms with Gasteiger partial charge < -0.3 is 20.1 Å². The quantitative estimate of drug-likeness (QED) is 0.716. The van der Waals surface area contributed by atoms with Gasteiger partial charge in [-0.25, -0.2) is 0 Å². The summed E-state index contributed by atoms with van der Waals surface area (Å²) < 4.78 is 41.1. The highest BCUT2D eigenvalue weighted by Gasteiger charge is 2.40. The third-order valence-electron chi connectivity index (χ3n) is 5.53. The van der Waals surface area contributed by atoms with E-state index in [9.17, 15) is 18.3 Å². The lowest BCUT2D eigenvalue weighted by molar-refractivity contribution is -0.274. The van der Waals surface area contributed by atoms with Crippen LogP contribution in [0.15, 0.2) is 24.3 Å². The molecule has 0 spiro atoms. The lowest BCUT2D eigenvalue weighted by Crippen LogP contribution is -2.49. The van der Waals surface area contributed by atoms with Crippen molar-refractivity contribution in [3.05, 3.63) is 29.8 Å². The zero-order valence-electron chi connectivity index (χ0n) is 15.7.